The van der Waals surface area contributed by atoms with E-state index in [1.807, 2.05) is 24.3 Å². The molecule has 0 aliphatic rings. The smallest absolute Gasteiger partial charge is 0.298 e. The van der Waals surface area contributed by atoms with Crippen molar-refractivity contribution in [2.75, 3.05) is 0 Å². The van der Waals surface area contributed by atoms with Gasteiger partial charge in [0, 0.05) is 16.6 Å². The molecule has 0 radical (unpaired) electrons. The normalized spacial score (nSPS) is 10.8. The van der Waals surface area contributed by atoms with E-state index in [-0.39, 0.29) is 0 Å². The van der Waals surface area contributed by atoms with Crippen molar-refractivity contribution in [3.8, 4) is 5.75 Å². The first-order chi connectivity index (χ1) is 10.2. The van der Waals surface area contributed by atoms with Gasteiger partial charge in [0.15, 0.2) is 0 Å². The number of aryl methyl sites for hydroxylation is 2. The van der Waals surface area contributed by atoms with Gasteiger partial charge < -0.3 is 9.72 Å². The number of fused-ring (bicyclic) bond motifs is 1. The van der Waals surface area contributed by atoms with Gasteiger partial charge >= 0.3 is 0 Å². The third kappa shape index (κ3) is 2.68. The molecule has 0 bridgehead atoms. The lowest BCUT2D eigenvalue weighted by Crippen LogP contribution is -1.91. The number of ether oxygens (including phenoxy) is 1. The van der Waals surface area contributed by atoms with E-state index in [2.05, 4.69) is 37.0 Å². The Balaban J connectivity index is 1.87. The Morgan fingerprint density at radius 3 is 2.48 bits per heavy atom. The minimum atomic E-state index is 0.444. The van der Waals surface area contributed by atoms with Gasteiger partial charge in [-0.15, -0.1) is 0 Å². The molecule has 3 heteroatoms. The van der Waals surface area contributed by atoms with Gasteiger partial charge in [-0.3, -0.25) is 4.79 Å². The third-order valence-corrected chi connectivity index (χ3v) is 3.89. The highest BCUT2D eigenvalue weighted by Gasteiger charge is 2.05. The molecule has 1 N–H and O–H groups in total. The maximum atomic E-state index is 10.3. The molecule has 21 heavy (non-hydrogen) atoms. The van der Waals surface area contributed by atoms with Gasteiger partial charge in [-0.05, 0) is 61.2 Å². The van der Waals surface area contributed by atoms with Crippen LogP contribution in [-0.2, 0) is 11.2 Å². The van der Waals surface area contributed by atoms with Crippen molar-refractivity contribution in [1.82, 2.24) is 4.98 Å². The van der Waals surface area contributed by atoms with Crippen LogP contribution in [0.25, 0.3) is 10.9 Å². The first-order valence-corrected chi connectivity index (χ1v) is 6.94. The van der Waals surface area contributed by atoms with Crippen LogP contribution in [0.4, 0.5) is 0 Å². The number of hydrogen-bond acceptors (Lipinski definition) is 2. The highest BCUT2D eigenvalue weighted by Crippen LogP contribution is 2.24. The predicted molar refractivity (Wildman–Crippen MR) is 83.7 cm³/mol. The molecule has 3 rings (SSSR count). The van der Waals surface area contributed by atoms with E-state index in [1.165, 1.54) is 33.3 Å². The minimum absolute atomic E-state index is 0.444. The molecule has 1 heterocycles. The number of carbonyl (C=O) groups excluding carboxylic acids is 1. The zero-order chi connectivity index (χ0) is 14.8. The Bertz CT molecular complexity index is 785. The maximum absolute atomic E-state index is 10.3. The van der Waals surface area contributed by atoms with E-state index in [1.54, 1.807) is 0 Å². The summed E-state index contributed by atoms with van der Waals surface area (Å²) in [6.07, 6.45) is 0.862. The monoisotopic (exact) mass is 279 g/mol. The molecule has 0 aliphatic carbocycles. The topological polar surface area (TPSA) is 42.1 Å². The predicted octanol–water partition coefficient (Wildman–Crippen LogP) is 3.91. The number of nitrogens with one attached hydrogen (secondary N) is 1. The summed E-state index contributed by atoms with van der Waals surface area (Å²) < 4.78 is 4.80. The highest BCUT2D eigenvalue weighted by atomic mass is 16.5. The Morgan fingerprint density at radius 2 is 1.76 bits per heavy atom. The summed E-state index contributed by atoms with van der Waals surface area (Å²) in [7, 11) is 0. The van der Waals surface area contributed by atoms with Gasteiger partial charge in [0.2, 0.25) is 0 Å². The Morgan fingerprint density at radius 1 is 1.05 bits per heavy atom. The fourth-order valence-corrected chi connectivity index (χ4v) is 2.60. The van der Waals surface area contributed by atoms with Crippen molar-refractivity contribution in [2.24, 2.45) is 0 Å². The summed E-state index contributed by atoms with van der Waals surface area (Å²) in [6.45, 7) is 4.68. The number of aromatic nitrogens is 1. The largest absolute Gasteiger partial charge is 0.429 e. The zero-order valence-electron chi connectivity index (χ0n) is 12.1. The molecular weight excluding hydrogens is 262 g/mol. The second-order valence-electron chi connectivity index (χ2n) is 5.29. The summed E-state index contributed by atoms with van der Waals surface area (Å²) >= 11 is 0. The lowest BCUT2D eigenvalue weighted by Gasteiger charge is -2.04. The van der Waals surface area contributed by atoms with E-state index in [9.17, 15) is 4.79 Å². The van der Waals surface area contributed by atoms with Gasteiger partial charge in [0.1, 0.15) is 5.75 Å². The molecule has 2 aromatic carbocycles. The van der Waals surface area contributed by atoms with Crippen LogP contribution in [0.1, 0.15) is 22.4 Å². The van der Waals surface area contributed by atoms with Crippen LogP contribution < -0.4 is 4.74 Å². The number of benzene rings is 2. The number of hydrogen-bond donors (Lipinski definition) is 1. The molecule has 3 aromatic rings. The molecule has 0 amide bonds. The van der Waals surface area contributed by atoms with Gasteiger partial charge in [-0.25, -0.2) is 0 Å². The summed E-state index contributed by atoms with van der Waals surface area (Å²) in [5, 5.41) is 1.28. The SMILES string of the molecule is Cc1[nH]c2ccc(Cc3ccc(OC=O)cc3)cc2c1C. The van der Waals surface area contributed by atoms with E-state index in [0.29, 0.717) is 12.2 Å². The van der Waals surface area contributed by atoms with Crippen LogP contribution in [0.5, 0.6) is 5.75 Å². The minimum Gasteiger partial charge on any atom is -0.429 e. The number of carbonyl (C=O) groups is 1. The van der Waals surface area contributed by atoms with Crippen molar-refractivity contribution in [1.29, 1.82) is 0 Å². The van der Waals surface area contributed by atoms with Crippen LogP contribution in [0.2, 0.25) is 0 Å². The molecule has 3 nitrogen and oxygen atoms in total. The number of aromatic amines is 1. The molecule has 0 unspecified atom stereocenters. The van der Waals surface area contributed by atoms with Crippen LogP contribution in [0, 0.1) is 13.8 Å². The lowest BCUT2D eigenvalue weighted by atomic mass is 10.0. The Kier molecular flexibility index (Phi) is 3.48. The second-order valence-corrected chi connectivity index (χ2v) is 5.29. The summed E-state index contributed by atoms with van der Waals surface area (Å²) in [6, 6.07) is 14.1. The average molecular weight is 279 g/mol. The van der Waals surface area contributed by atoms with Crippen molar-refractivity contribution in [3.63, 3.8) is 0 Å². The summed E-state index contributed by atoms with van der Waals surface area (Å²) in [4.78, 5) is 13.7. The van der Waals surface area contributed by atoms with Gasteiger partial charge in [-0.2, -0.15) is 0 Å². The second kappa shape index (κ2) is 5.44. The molecular formula is C18H17NO2. The first-order valence-electron chi connectivity index (χ1n) is 6.94. The van der Waals surface area contributed by atoms with Gasteiger partial charge in [0.05, 0.1) is 0 Å². The summed E-state index contributed by atoms with van der Waals surface area (Å²) in [5.41, 5.74) is 6.17. The molecule has 1 aromatic heterocycles. The van der Waals surface area contributed by atoms with E-state index in [0.717, 1.165) is 6.42 Å². The van der Waals surface area contributed by atoms with Crippen LogP contribution in [-0.4, -0.2) is 11.5 Å². The van der Waals surface area contributed by atoms with E-state index < -0.39 is 0 Å². The quantitative estimate of drug-likeness (QED) is 0.736. The number of rotatable bonds is 4. The molecule has 0 atom stereocenters. The average Bonchev–Trinajstić information content (AvgIpc) is 2.77. The summed E-state index contributed by atoms with van der Waals surface area (Å²) in [5.74, 6) is 0.571. The third-order valence-electron chi connectivity index (χ3n) is 3.89. The van der Waals surface area contributed by atoms with Crippen LogP contribution in [0.15, 0.2) is 42.5 Å². The molecule has 0 saturated heterocycles. The van der Waals surface area contributed by atoms with Crippen LogP contribution >= 0.6 is 0 Å². The van der Waals surface area contributed by atoms with E-state index in [4.69, 9.17) is 4.74 Å². The van der Waals surface area contributed by atoms with Crippen LogP contribution in [0.3, 0.4) is 0 Å². The van der Waals surface area contributed by atoms with Crippen molar-refractivity contribution in [3.05, 3.63) is 64.8 Å². The molecule has 0 fully saturated rings. The standard InChI is InChI=1S/C18H17NO2/c1-12-13(2)19-18-8-5-15(10-17(12)18)9-14-3-6-16(7-4-14)21-11-20/h3-8,10-11,19H,9H2,1-2H3. The van der Waals surface area contributed by atoms with Gasteiger partial charge in [0.25, 0.3) is 6.47 Å². The maximum Gasteiger partial charge on any atom is 0.298 e. The van der Waals surface area contributed by atoms with Crippen molar-refractivity contribution < 1.29 is 9.53 Å². The lowest BCUT2D eigenvalue weighted by molar-refractivity contribution is -0.120. The fourth-order valence-electron chi connectivity index (χ4n) is 2.60. The molecule has 106 valence electrons. The van der Waals surface area contributed by atoms with E-state index >= 15 is 0 Å². The molecule has 0 saturated carbocycles. The highest BCUT2D eigenvalue weighted by molar-refractivity contribution is 5.85. The fraction of sp³-hybridized carbons (Fsp3) is 0.167. The van der Waals surface area contributed by atoms with Crippen molar-refractivity contribution >= 4 is 17.4 Å². The first kappa shape index (κ1) is 13.4. The molecule has 0 spiro atoms. The number of H-pyrrole nitrogens is 1. The van der Waals surface area contributed by atoms with Gasteiger partial charge in [-0.1, -0.05) is 18.2 Å². The Hall–Kier alpha value is -2.55. The van der Waals surface area contributed by atoms with Crippen molar-refractivity contribution in [2.45, 2.75) is 20.3 Å². The molecule has 0 aliphatic heterocycles. The zero-order valence-corrected chi connectivity index (χ0v) is 12.1. The Labute approximate surface area is 123 Å².